The number of aliphatic imine (C=N–C) groups is 1. The van der Waals surface area contributed by atoms with Crippen LogP contribution < -0.4 is 4.72 Å². The van der Waals surface area contributed by atoms with Gasteiger partial charge < -0.3 is 0 Å². The maximum atomic E-state index is 15.1. The number of nitrogens with one attached hydrogen (secondary N) is 1. The molecule has 3 aromatic rings. The van der Waals surface area contributed by atoms with Gasteiger partial charge in [0, 0.05) is 22.3 Å². The van der Waals surface area contributed by atoms with Gasteiger partial charge >= 0.3 is 0 Å². The Balaban J connectivity index is 1.71. The zero-order valence-electron chi connectivity index (χ0n) is 17.3. The molecule has 11 heteroatoms. The van der Waals surface area contributed by atoms with Crippen LogP contribution in [-0.4, -0.2) is 28.4 Å². The summed E-state index contributed by atoms with van der Waals surface area (Å²) in [5.41, 5.74) is 1.96. The molecule has 0 spiro atoms. The largest absolute Gasteiger partial charge is 0.281 e. The summed E-state index contributed by atoms with van der Waals surface area (Å²) >= 11 is 5.94. The quantitative estimate of drug-likeness (QED) is 0.512. The molecular weight excluding hydrogens is 492 g/mol. The van der Waals surface area contributed by atoms with E-state index in [2.05, 4.69) is 14.7 Å². The minimum atomic E-state index is -3.83. The second-order valence-electron chi connectivity index (χ2n) is 7.27. The van der Waals surface area contributed by atoms with Crippen molar-refractivity contribution in [2.45, 2.75) is 24.8 Å². The van der Waals surface area contributed by atoms with E-state index in [-0.39, 0.29) is 17.3 Å². The molecule has 0 saturated heterocycles. The summed E-state index contributed by atoms with van der Waals surface area (Å²) < 4.78 is 69.1. The van der Waals surface area contributed by atoms with Gasteiger partial charge in [0.05, 0.1) is 23.7 Å². The maximum absolute atomic E-state index is 15.1. The van der Waals surface area contributed by atoms with E-state index in [4.69, 9.17) is 11.6 Å². The minimum Gasteiger partial charge on any atom is -0.281 e. The Morgan fingerprint density at radius 1 is 1.12 bits per heavy atom. The van der Waals surface area contributed by atoms with Gasteiger partial charge in [-0.05, 0) is 42.3 Å². The maximum Gasteiger partial charge on any atom is 0.232 e. The normalized spacial score (nSPS) is 14.0. The highest BCUT2D eigenvalue weighted by Gasteiger charge is 2.29. The molecule has 1 aliphatic heterocycles. The van der Waals surface area contributed by atoms with Crippen LogP contribution in [0.1, 0.15) is 24.6 Å². The van der Waals surface area contributed by atoms with E-state index >= 15 is 4.39 Å². The third-order valence-electron chi connectivity index (χ3n) is 4.90. The number of aromatic nitrogens is 1. The van der Waals surface area contributed by atoms with Crippen LogP contribution in [0.3, 0.4) is 0 Å². The number of pyridine rings is 1. The van der Waals surface area contributed by atoms with Crippen molar-refractivity contribution in [1.29, 1.82) is 0 Å². The number of rotatable bonds is 6. The molecule has 0 radical (unpaired) electrons. The first-order chi connectivity index (χ1) is 15.7. The lowest BCUT2D eigenvalue weighted by atomic mass is 10.1. The summed E-state index contributed by atoms with van der Waals surface area (Å²) in [6.07, 6.45) is 1.95. The second kappa shape index (κ2) is 9.28. The van der Waals surface area contributed by atoms with Gasteiger partial charge in [-0.2, -0.15) is 0 Å². The average Bonchev–Trinajstić information content (AvgIpc) is 3.19. The van der Waals surface area contributed by atoms with Crippen LogP contribution in [0.15, 0.2) is 58.5 Å². The Kier molecular flexibility index (Phi) is 6.60. The monoisotopic (exact) mass is 509 g/mol. The first-order valence-electron chi connectivity index (χ1n) is 9.90. The van der Waals surface area contributed by atoms with Gasteiger partial charge in [0.2, 0.25) is 10.0 Å². The van der Waals surface area contributed by atoms with Crippen molar-refractivity contribution >= 4 is 43.2 Å². The molecule has 0 aliphatic carbocycles. The van der Waals surface area contributed by atoms with Crippen molar-refractivity contribution < 1.29 is 21.4 Å². The number of sulfonamides is 1. The standard InChI is InChI=1S/C22H18ClF2N3O3S2/c1-2-9-33(30,31)28-18-8-7-17(24)21(20(18)25)32(29)22-16-10-14(11-26-19(16)12-27-22)13-3-5-15(23)6-4-13/h3-8,10-11,28H,2,9,12H2,1H3. The molecule has 1 aliphatic rings. The lowest BCUT2D eigenvalue weighted by molar-refractivity contribution is 0.538. The van der Waals surface area contributed by atoms with Crippen molar-refractivity contribution in [3.63, 3.8) is 0 Å². The molecular formula is C22H18ClF2N3O3S2. The molecule has 1 unspecified atom stereocenters. The number of anilines is 1. The first-order valence-corrected chi connectivity index (χ1v) is 13.1. The van der Waals surface area contributed by atoms with E-state index in [1.807, 2.05) is 0 Å². The SMILES string of the molecule is CCCS(=O)(=O)Nc1ccc(F)c(S(=O)C2=NCc3ncc(-c4ccc(Cl)cc4)cc32)c1F. The highest BCUT2D eigenvalue weighted by Crippen LogP contribution is 2.31. The van der Waals surface area contributed by atoms with Crippen molar-refractivity contribution in [1.82, 2.24) is 4.98 Å². The smallest absolute Gasteiger partial charge is 0.232 e. The molecule has 0 saturated carbocycles. The summed E-state index contributed by atoms with van der Waals surface area (Å²) in [5, 5.41) is 0.538. The Hall–Kier alpha value is -2.69. The molecule has 0 fully saturated rings. The highest BCUT2D eigenvalue weighted by molar-refractivity contribution is 8.01. The molecule has 33 heavy (non-hydrogen) atoms. The molecule has 0 bridgehead atoms. The zero-order chi connectivity index (χ0) is 23.8. The lowest BCUT2D eigenvalue weighted by Crippen LogP contribution is -2.19. The molecule has 2 heterocycles. The molecule has 1 aromatic heterocycles. The van der Waals surface area contributed by atoms with Crippen molar-refractivity contribution in [2.24, 2.45) is 4.99 Å². The fraction of sp³-hybridized carbons (Fsp3) is 0.182. The van der Waals surface area contributed by atoms with Gasteiger partial charge in [-0.1, -0.05) is 30.7 Å². The molecule has 4 rings (SSSR count). The molecule has 172 valence electrons. The van der Waals surface area contributed by atoms with Crippen LogP contribution in [0.25, 0.3) is 11.1 Å². The molecule has 1 N–H and O–H groups in total. The van der Waals surface area contributed by atoms with E-state index in [1.165, 1.54) is 0 Å². The number of halogens is 3. The van der Waals surface area contributed by atoms with E-state index in [0.717, 1.165) is 17.7 Å². The second-order valence-corrected chi connectivity index (χ2v) is 10.9. The zero-order valence-corrected chi connectivity index (χ0v) is 19.7. The number of hydrogen-bond acceptors (Lipinski definition) is 5. The third kappa shape index (κ3) is 4.83. The summed E-state index contributed by atoms with van der Waals surface area (Å²) in [7, 11) is -6.18. The Morgan fingerprint density at radius 3 is 2.55 bits per heavy atom. The van der Waals surface area contributed by atoms with Gasteiger partial charge in [-0.25, -0.2) is 21.4 Å². The third-order valence-corrected chi connectivity index (χ3v) is 8.07. The van der Waals surface area contributed by atoms with Crippen LogP contribution in [0.5, 0.6) is 0 Å². The molecule has 0 amide bonds. The number of benzene rings is 2. The first kappa shape index (κ1) is 23.5. The van der Waals surface area contributed by atoms with Crippen LogP contribution in [-0.2, 0) is 27.4 Å². The Bertz CT molecular complexity index is 1390. The summed E-state index contributed by atoms with van der Waals surface area (Å²) in [6.45, 7) is 1.77. The molecule has 6 nitrogen and oxygen atoms in total. The van der Waals surface area contributed by atoms with E-state index in [1.54, 1.807) is 43.5 Å². The number of hydrogen-bond donors (Lipinski definition) is 1. The van der Waals surface area contributed by atoms with Gasteiger partial charge in [0.25, 0.3) is 0 Å². The lowest BCUT2D eigenvalue weighted by Gasteiger charge is -2.12. The van der Waals surface area contributed by atoms with Gasteiger partial charge in [-0.15, -0.1) is 0 Å². The van der Waals surface area contributed by atoms with Gasteiger partial charge in [0.1, 0.15) is 26.6 Å². The predicted molar refractivity (Wildman–Crippen MR) is 125 cm³/mol. The van der Waals surface area contributed by atoms with Crippen molar-refractivity contribution in [3.05, 3.63) is 76.6 Å². The Morgan fingerprint density at radius 2 is 1.85 bits per heavy atom. The van der Waals surface area contributed by atoms with Crippen molar-refractivity contribution in [3.8, 4) is 11.1 Å². The summed E-state index contributed by atoms with van der Waals surface area (Å²) in [6, 6.07) is 10.6. The van der Waals surface area contributed by atoms with E-state index in [0.29, 0.717) is 28.3 Å². The summed E-state index contributed by atoms with van der Waals surface area (Å²) in [4.78, 5) is 7.79. The summed E-state index contributed by atoms with van der Waals surface area (Å²) in [5.74, 6) is -2.55. The van der Waals surface area contributed by atoms with Crippen LogP contribution >= 0.6 is 11.6 Å². The Labute approximate surface area is 197 Å². The topological polar surface area (TPSA) is 88.5 Å². The van der Waals surface area contributed by atoms with Gasteiger partial charge in [-0.3, -0.25) is 14.7 Å². The van der Waals surface area contributed by atoms with E-state index in [9.17, 15) is 17.0 Å². The van der Waals surface area contributed by atoms with Crippen molar-refractivity contribution in [2.75, 3.05) is 10.5 Å². The average molecular weight is 510 g/mol. The minimum absolute atomic E-state index is 0.0281. The number of nitrogens with zero attached hydrogens (tertiary/aromatic N) is 2. The van der Waals surface area contributed by atoms with E-state index < -0.39 is 43.0 Å². The van der Waals surface area contributed by atoms with Crippen LogP contribution in [0.4, 0.5) is 14.5 Å². The van der Waals surface area contributed by atoms with Gasteiger partial charge in [0.15, 0.2) is 5.82 Å². The molecule has 1 atom stereocenters. The van der Waals surface area contributed by atoms with Crippen LogP contribution in [0.2, 0.25) is 5.02 Å². The fourth-order valence-corrected chi connectivity index (χ4v) is 5.89. The molecule has 2 aromatic carbocycles. The van der Waals surface area contributed by atoms with Crippen LogP contribution in [0, 0.1) is 11.6 Å². The predicted octanol–water partition coefficient (Wildman–Crippen LogP) is 4.90. The fourth-order valence-electron chi connectivity index (χ4n) is 3.36. The highest BCUT2D eigenvalue weighted by atomic mass is 35.5. The number of fused-ring (bicyclic) bond motifs is 1.